The number of hydrogen-bond donors (Lipinski definition) is 1. The predicted octanol–water partition coefficient (Wildman–Crippen LogP) is 0.438. The number of hydrogen-bond acceptors (Lipinski definition) is 8. The zero-order valence-electron chi connectivity index (χ0n) is 12.6. The van der Waals surface area contributed by atoms with Crippen molar-refractivity contribution in [1.82, 2.24) is 19.5 Å². The number of anilines is 1. The molecule has 0 amide bonds. The van der Waals surface area contributed by atoms with E-state index in [1.54, 1.807) is 0 Å². The molecule has 2 aromatic heterocycles. The largest absolute Gasteiger partial charge is 0.382 e. The number of ether oxygens (including phenoxy) is 1. The number of nitrogens with two attached hydrogens (primary N) is 1. The topological polar surface area (TPSA) is 114 Å². The van der Waals surface area contributed by atoms with E-state index in [2.05, 4.69) is 15.0 Å². The average molecular weight is 343 g/mol. The Morgan fingerprint density at radius 3 is 3.09 bits per heavy atom. The van der Waals surface area contributed by atoms with Gasteiger partial charge >= 0.3 is 0 Å². The Morgan fingerprint density at radius 1 is 1.57 bits per heavy atom. The van der Waals surface area contributed by atoms with Crippen molar-refractivity contribution in [2.24, 2.45) is 0 Å². The first kappa shape index (κ1) is 16.3. The summed E-state index contributed by atoms with van der Waals surface area (Å²) >= 11 is 0. The molecular formula is C11H16BFN5O4P. The summed E-state index contributed by atoms with van der Waals surface area (Å²) in [6.07, 6.45) is 0.0719. The lowest BCUT2D eigenvalue weighted by atomic mass is 10.2. The van der Waals surface area contributed by atoms with E-state index < -0.39 is 26.0 Å². The lowest BCUT2D eigenvalue weighted by molar-refractivity contribution is -0.0322. The van der Waals surface area contributed by atoms with Crippen molar-refractivity contribution in [1.29, 1.82) is 0 Å². The molecule has 3 rings (SSSR count). The maximum Gasteiger partial charge on any atom is 0.270 e. The molecule has 0 spiro atoms. The van der Waals surface area contributed by atoms with E-state index >= 15 is 0 Å². The molecule has 4 atom stereocenters. The van der Waals surface area contributed by atoms with Gasteiger partial charge in [0.2, 0.25) is 0 Å². The van der Waals surface area contributed by atoms with Gasteiger partial charge in [0.15, 0.2) is 17.7 Å². The predicted molar refractivity (Wildman–Crippen MR) is 82.3 cm³/mol. The molecule has 3 heterocycles. The van der Waals surface area contributed by atoms with Crippen LogP contribution in [0.1, 0.15) is 12.6 Å². The quantitative estimate of drug-likeness (QED) is 0.614. The zero-order valence-corrected chi connectivity index (χ0v) is 13.5. The summed E-state index contributed by atoms with van der Waals surface area (Å²) in [5.41, 5.74) is 6.50. The van der Waals surface area contributed by atoms with Crippen molar-refractivity contribution >= 4 is 32.0 Å². The minimum absolute atomic E-state index is 0.0255. The van der Waals surface area contributed by atoms with Gasteiger partial charge in [-0.1, -0.05) is 0 Å². The van der Waals surface area contributed by atoms with Crippen molar-refractivity contribution in [3.05, 3.63) is 12.7 Å². The van der Waals surface area contributed by atoms with Crippen molar-refractivity contribution in [2.75, 3.05) is 19.5 Å². The lowest BCUT2D eigenvalue weighted by Crippen LogP contribution is -2.17. The van der Waals surface area contributed by atoms with Gasteiger partial charge in [-0.3, -0.25) is 9.13 Å². The van der Waals surface area contributed by atoms with E-state index in [1.165, 1.54) is 31.9 Å². The average Bonchev–Trinajstić information content (AvgIpc) is 3.09. The second kappa shape index (κ2) is 6.16. The van der Waals surface area contributed by atoms with E-state index in [0.29, 0.717) is 11.2 Å². The molecule has 1 aliphatic rings. The molecule has 0 saturated carbocycles. The third kappa shape index (κ3) is 3.23. The maximum atomic E-state index is 14.3. The molecule has 1 aliphatic heterocycles. The van der Waals surface area contributed by atoms with Crippen LogP contribution in [0, 0.1) is 0 Å². The number of aromatic nitrogens is 4. The van der Waals surface area contributed by atoms with Crippen molar-refractivity contribution < 1.29 is 22.7 Å². The summed E-state index contributed by atoms with van der Waals surface area (Å²) in [4.78, 5) is 12.0. The molecule has 1 unspecified atom stereocenters. The van der Waals surface area contributed by atoms with Crippen molar-refractivity contribution in [2.45, 2.75) is 24.9 Å². The van der Waals surface area contributed by atoms with Crippen LogP contribution in [0.3, 0.4) is 0 Å². The summed E-state index contributed by atoms with van der Waals surface area (Å²) in [7, 11) is -0.497. The molecule has 0 aromatic carbocycles. The highest BCUT2D eigenvalue weighted by Crippen LogP contribution is 2.43. The van der Waals surface area contributed by atoms with Crippen molar-refractivity contribution in [3.8, 4) is 0 Å². The summed E-state index contributed by atoms with van der Waals surface area (Å²) in [5.74, 6) is 0.217. The van der Waals surface area contributed by atoms with Gasteiger partial charge in [0, 0.05) is 13.5 Å². The van der Waals surface area contributed by atoms with Gasteiger partial charge in [0.05, 0.1) is 19.0 Å². The molecule has 124 valence electrons. The van der Waals surface area contributed by atoms with Crippen LogP contribution in [0.25, 0.3) is 11.2 Å². The fourth-order valence-electron chi connectivity index (χ4n) is 2.38. The first-order valence-corrected chi connectivity index (χ1v) is 8.90. The third-order valence-electron chi connectivity index (χ3n) is 3.62. The Kier molecular flexibility index (Phi) is 4.37. The fraction of sp³-hybridized carbons (Fsp3) is 0.545. The maximum absolute atomic E-state index is 14.3. The van der Waals surface area contributed by atoms with E-state index in [0.717, 1.165) is 0 Å². The Balaban J connectivity index is 1.76. The van der Waals surface area contributed by atoms with Crippen molar-refractivity contribution in [3.63, 3.8) is 0 Å². The monoisotopic (exact) mass is 343 g/mol. The van der Waals surface area contributed by atoms with E-state index in [-0.39, 0.29) is 18.8 Å². The molecule has 9 nitrogen and oxygen atoms in total. The molecule has 2 aromatic rings. The lowest BCUT2D eigenvalue weighted by Gasteiger charge is -2.17. The summed E-state index contributed by atoms with van der Waals surface area (Å²) in [6, 6.07) is 0. The second-order valence-corrected chi connectivity index (χ2v) is 7.40. The first-order valence-electron chi connectivity index (χ1n) is 6.91. The number of nitrogen functional groups attached to an aromatic ring is 1. The van der Waals surface area contributed by atoms with Crippen LogP contribution in [0.15, 0.2) is 12.7 Å². The van der Waals surface area contributed by atoms with E-state index in [9.17, 15) is 8.96 Å². The SMILES string of the molecule is BP(=O)(OC)OC[C@@H]1C[C@@H](F)[C@H](n2cnc3c(N)ncnc32)O1. The van der Waals surface area contributed by atoms with Gasteiger partial charge in [-0.2, -0.15) is 0 Å². The highest BCUT2D eigenvalue weighted by molar-refractivity contribution is 7.79. The number of alkyl halides is 1. The minimum Gasteiger partial charge on any atom is -0.382 e. The Bertz CT molecular complexity index is 761. The summed E-state index contributed by atoms with van der Waals surface area (Å²) in [6.45, 7) is -0.0255. The van der Waals surface area contributed by atoms with Gasteiger partial charge < -0.3 is 19.5 Å². The van der Waals surface area contributed by atoms with Crippen LogP contribution in [-0.2, 0) is 18.3 Å². The summed E-state index contributed by atoms with van der Waals surface area (Å²) < 4.78 is 43.0. The number of rotatable bonds is 5. The molecule has 0 bridgehead atoms. The molecule has 0 aliphatic carbocycles. The van der Waals surface area contributed by atoms with Gasteiger partial charge in [-0.25, -0.2) is 19.3 Å². The standard InChI is InChI=1S/C11H16BFN5O4P/c1-20-23(12,19)21-3-6-2-7(13)11(22-6)18-5-17-8-9(14)15-4-16-10(8)18/h4-7,11H,2-3,12H2,1H3,(H2,14,15,16)/t6-,7+,11+,23?/m0/s1. The minimum atomic E-state index is -3.13. The van der Waals surface area contributed by atoms with E-state index in [4.69, 9.17) is 19.5 Å². The van der Waals surface area contributed by atoms with Gasteiger partial charge in [0.25, 0.3) is 15.0 Å². The first-order chi connectivity index (χ1) is 10.9. The normalized spacial score (nSPS) is 27.3. The third-order valence-corrected chi connectivity index (χ3v) is 4.90. The Labute approximate surface area is 132 Å². The van der Waals surface area contributed by atoms with Crippen LogP contribution < -0.4 is 5.73 Å². The number of nitrogens with zero attached hydrogens (tertiary/aromatic N) is 4. The summed E-state index contributed by atoms with van der Waals surface area (Å²) in [5, 5.41) is 0. The fourth-order valence-corrected chi connectivity index (χ4v) is 2.92. The molecule has 1 saturated heterocycles. The van der Waals surface area contributed by atoms with Crippen LogP contribution in [0.2, 0.25) is 0 Å². The molecule has 12 heteroatoms. The Hall–Kier alpha value is -1.55. The van der Waals surface area contributed by atoms with Crippen LogP contribution >= 0.6 is 7.47 Å². The smallest absolute Gasteiger partial charge is 0.270 e. The van der Waals surface area contributed by atoms with Gasteiger partial charge in [-0.15, -0.1) is 0 Å². The molecule has 1 fully saturated rings. The Morgan fingerprint density at radius 2 is 2.35 bits per heavy atom. The highest BCUT2D eigenvalue weighted by Gasteiger charge is 2.38. The van der Waals surface area contributed by atoms with E-state index in [1.807, 2.05) is 0 Å². The number of imidazole rings is 1. The molecule has 23 heavy (non-hydrogen) atoms. The number of fused-ring (bicyclic) bond motifs is 1. The zero-order chi connectivity index (χ0) is 16.6. The highest BCUT2D eigenvalue weighted by atomic mass is 31.2. The van der Waals surface area contributed by atoms with Crippen LogP contribution in [0.5, 0.6) is 0 Å². The molecule has 2 N–H and O–H groups in total. The van der Waals surface area contributed by atoms with Crippen LogP contribution in [-0.4, -0.2) is 53.1 Å². The van der Waals surface area contributed by atoms with Gasteiger partial charge in [-0.05, 0) is 0 Å². The second-order valence-electron chi connectivity index (χ2n) is 5.23. The molecule has 0 radical (unpaired) electrons. The number of halogens is 1. The van der Waals surface area contributed by atoms with Gasteiger partial charge in [0.1, 0.15) is 18.0 Å². The molecular weight excluding hydrogens is 327 g/mol. The van der Waals surface area contributed by atoms with Crippen LogP contribution in [0.4, 0.5) is 10.2 Å².